The van der Waals surface area contributed by atoms with Gasteiger partial charge in [-0.1, -0.05) is 6.07 Å². The number of aryl methyl sites for hydroxylation is 1. The van der Waals surface area contributed by atoms with Gasteiger partial charge in [0, 0.05) is 45.5 Å². The zero-order valence-corrected chi connectivity index (χ0v) is 16.7. The summed E-state index contributed by atoms with van der Waals surface area (Å²) in [5.74, 6) is 1.05. The molecule has 8 heteroatoms. The molecule has 8 nitrogen and oxygen atoms in total. The zero-order valence-electron chi connectivity index (χ0n) is 16.7. The summed E-state index contributed by atoms with van der Waals surface area (Å²) in [6.45, 7) is 10.9. The minimum Gasteiger partial charge on any atom is -0.378 e. The highest BCUT2D eigenvalue weighted by Gasteiger charge is 2.26. The first kappa shape index (κ1) is 18.9. The molecule has 4 heterocycles. The van der Waals surface area contributed by atoms with Gasteiger partial charge >= 0.3 is 0 Å². The van der Waals surface area contributed by atoms with Gasteiger partial charge in [0.2, 0.25) is 5.91 Å². The Labute approximate surface area is 165 Å². The van der Waals surface area contributed by atoms with Crippen LogP contribution in [0, 0.1) is 13.8 Å². The van der Waals surface area contributed by atoms with E-state index in [1.165, 1.54) is 5.69 Å². The van der Waals surface area contributed by atoms with E-state index >= 15 is 0 Å². The van der Waals surface area contributed by atoms with Crippen molar-refractivity contribution in [2.24, 2.45) is 0 Å². The molecular formula is C20H28N6O2. The van der Waals surface area contributed by atoms with Gasteiger partial charge in [0.05, 0.1) is 36.8 Å². The number of nitrogens with zero attached hydrogens (tertiary/aromatic N) is 6. The van der Waals surface area contributed by atoms with Crippen LogP contribution in [0.3, 0.4) is 0 Å². The Morgan fingerprint density at radius 3 is 2.50 bits per heavy atom. The molecule has 28 heavy (non-hydrogen) atoms. The fourth-order valence-electron chi connectivity index (χ4n) is 4.03. The van der Waals surface area contributed by atoms with Crippen molar-refractivity contribution in [2.45, 2.75) is 13.8 Å². The highest BCUT2D eigenvalue weighted by atomic mass is 16.5. The van der Waals surface area contributed by atoms with Gasteiger partial charge in [-0.25, -0.2) is 9.67 Å². The summed E-state index contributed by atoms with van der Waals surface area (Å²) < 4.78 is 7.25. The Morgan fingerprint density at radius 1 is 1.07 bits per heavy atom. The van der Waals surface area contributed by atoms with Gasteiger partial charge in [0.1, 0.15) is 0 Å². The molecule has 2 fully saturated rings. The molecule has 2 aliphatic heterocycles. The second-order valence-corrected chi connectivity index (χ2v) is 7.38. The predicted molar refractivity (Wildman–Crippen MR) is 107 cm³/mol. The van der Waals surface area contributed by atoms with Gasteiger partial charge in [0.25, 0.3) is 0 Å². The van der Waals surface area contributed by atoms with Gasteiger partial charge in [-0.3, -0.25) is 9.69 Å². The van der Waals surface area contributed by atoms with Crippen LogP contribution in [0.5, 0.6) is 0 Å². The highest BCUT2D eigenvalue weighted by Crippen LogP contribution is 2.27. The first-order chi connectivity index (χ1) is 13.6. The van der Waals surface area contributed by atoms with Crippen molar-refractivity contribution < 1.29 is 9.53 Å². The average molecular weight is 384 g/mol. The summed E-state index contributed by atoms with van der Waals surface area (Å²) in [4.78, 5) is 23.5. The van der Waals surface area contributed by atoms with Crippen molar-refractivity contribution in [3.05, 3.63) is 35.8 Å². The Bertz CT molecular complexity index is 808. The van der Waals surface area contributed by atoms with Crippen LogP contribution in [-0.4, -0.2) is 89.5 Å². The van der Waals surface area contributed by atoms with E-state index in [1.807, 2.05) is 27.8 Å². The van der Waals surface area contributed by atoms with Crippen LogP contribution in [0.25, 0.3) is 5.82 Å². The summed E-state index contributed by atoms with van der Waals surface area (Å²) in [6, 6.07) is 5.86. The van der Waals surface area contributed by atoms with Crippen molar-refractivity contribution in [3.8, 4) is 5.82 Å². The van der Waals surface area contributed by atoms with Crippen molar-refractivity contribution in [2.75, 3.05) is 63.9 Å². The number of hydrogen-bond acceptors (Lipinski definition) is 6. The molecule has 0 N–H and O–H groups in total. The lowest BCUT2D eigenvalue weighted by molar-refractivity contribution is -0.136. The van der Waals surface area contributed by atoms with E-state index in [4.69, 9.17) is 9.84 Å². The molecule has 2 aliphatic rings. The number of ether oxygens (including phenoxy) is 1. The molecule has 0 spiro atoms. The van der Waals surface area contributed by atoms with Crippen molar-refractivity contribution >= 4 is 11.6 Å². The lowest BCUT2D eigenvalue weighted by Crippen LogP contribution is -2.51. The SMILES string of the molecule is Cc1nn(-c2ccccn2)c(C)c1N1CCN(CC(=O)N2CCOCC2)CC1. The summed E-state index contributed by atoms with van der Waals surface area (Å²) in [5.41, 5.74) is 3.31. The van der Waals surface area contributed by atoms with Crippen LogP contribution in [0.2, 0.25) is 0 Å². The maximum absolute atomic E-state index is 12.5. The molecule has 1 amide bonds. The third-order valence-electron chi connectivity index (χ3n) is 5.53. The standard InChI is InChI=1S/C20H28N6O2/c1-16-20(17(2)26(22-16)18-5-3-4-6-21-18)25-9-7-23(8-10-25)15-19(27)24-11-13-28-14-12-24/h3-6H,7-15H2,1-2H3. The second-order valence-electron chi connectivity index (χ2n) is 7.38. The molecule has 2 aromatic heterocycles. The van der Waals surface area contributed by atoms with E-state index in [2.05, 4.69) is 28.6 Å². The van der Waals surface area contributed by atoms with E-state index in [0.717, 1.165) is 43.4 Å². The second kappa shape index (κ2) is 8.28. The lowest BCUT2D eigenvalue weighted by Gasteiger charge is -2.37. The third kappa shape index (κ3) is 3.88. The van der Waals surface area contributed by atoms with E-state index in [-0.39, 0.29) is 5.91 Å². The summed E-state index contributed by atoms with van der Waals surface area (Å²) in [7, 11) is 0. The van der Waals surface area contributed by atoms with E-state index < -0.39 is 0 Å². The third-order valence-corrected chi connectivity index (χ3v) is 5.53. The normalized spacial score (nSPS) is 18.5. The number of hydrogen-bond donors (Lipinski definition) is 0. The molecule has 0 atom stereocenters. The molecule has 2 aromatic rings. The van der Waals surface area contributed by atoms with E-state index in [0.29, 0.717) is 32.8 Å². The molecule has 0 aromatic carbocycles. The van der Waals surface area contributed by atoms with Crippen molar-refractivity contribution in [1.29, 1.82) is 0 Å². The van der Waals surface area contributed by atoms with Gasteiger partial charge < -0.3 is 14.5 Å². The first-order valence-corrected chi connectivity index (χ1v) is 9.94. The van der Waals surface area contributed by atoms with Crippen LogP contribution in [0.15, 0.2) is 24.4 Å². The predicted octanol–water partition coefficient (Wildman–Crippen LogP) is 0.865. The number of anilines is 1. The Morgan fingerprint density at radius 2 is 1.82 bits per heavy atom. The number of amides is 1. The maximum atomic E-state index is 12.5. The first-order valence-electron chi connectivity index (χ1n) is 9.94. The van der Waals surface area contributed by atoms with Crippen molar-refractivity contribution in [3.63, 3.8) is 0 Å². The number of carbonyl (C=O) groups excluding carboxylic acids is 1. The van der Waals surface area contributed by atoms with Crippen LogP contribution < -0.4 is 4.90 Å². The fraction of sp³-hybridized carbons (Fsp3) is 0.550. The highest BCUT2D eigenvalue weighted by molar-refractivity contribution is 5.78. The monoisotopic (exact) mass is 384 g/mol. The molecule has 0 aliphatic carbocycles. The summed E-state index contributed by atoms with van der Waals surface area (Å²) >= 11 is 0. The minimum atomic E-state index is 0.215. The van der Waals surface area contributed by atoms with E-state index in [9.17, 15) is 4.79 Å². The fourth-order valence-corrected chi connectivity index (χ4v) is 4.03. The van der Waals surface area contributed by atoms with Crippen molar-refractivity contribution in [1.82, 2.24) is 24.6 Å². The lowest BCUT2D eigenvalue weighted by atomic mass is 10.2. The zero-order chi connectivity index (χ0) is 19.5. The molecule has 0 radical (unpaired) electrons. The minimum absolute atomic E-state index is 0.215. The van der Waals surface area contributed by atoms with Gasteiger partial charge in [-0.05, 0) is 26.0 Å². The van der Waals surface area contributed by atoms with Gasteiger partial charge in [0.15, 0.2) is 5.82 Å². The molecule has 0 saturated carbocycles. The average Bonchev–Trinajstić information content (AvgIpc) is 3.04. The number of pyridine rings is 1. The maximum Gasteiger partial charge on any atom is 0.236 e. The smallest absolute Gasteiger partial charge is 0.236 e. The molecule has 0 bridgehead atoms. The number of morpholine rings is 1. The number of rotatable bonds is 4. The van der Waals surface area contributed by atoms with Crippen LogP contribution >= 0.6 is 0 Å². The van der Waals surface area contributed by atoms with E-state index in [1.54, 1.807) is 6.20 Å². The van der Waals surface area contributed by atoms with Crippen LogP contribution in [-0.2, 0) is 9.53 Å². The molecule has 150 valence electrons. The van der Waals surface area contributed by atoms with Gasteiger partial charge in [-0.2, -0.15) is 5.10 Å². The molecular weight excluding hydrogens is 356 g/mol. The summed E-state index contributed by atoms with van der Waals surface area (Å²) in [5, 5.41) is 4.71. The topological polar surface area (TPSA) is 66.7 Å². The number of carbonyl (C=O) groups is 1. The van der Waals surface area contributed by atoms with Crippen LogP contribution in [0.4, 0.5) is 5.69 Å². The molecule has 4 rings (SSSR count). The van der Waals surface area contributed by atoms with Gasteiger partial charge in [-0.15, -0.1) is 0 Å². The Kier molecular flexibility index (Phi) is 5.59. The molecule has 2 saturated heterocycles. The Hall–Kier alpha value is -2.45. The quantitative estimate of drug-likeness (QED) is 0.779. The van der Waals surface area contributed by atoms with Crippen LogP contribution in [0.1, 0.15) is 11.4 Å². The number of aromatic nitrogens is 3. The largest absolute Gasteiger partial charge is 0.378 e. The Balaban J connectivity index is 1.39. The molecule has 0 unspecified atom stereocenters. The number of piperazine rings is 1. The summed E-state index contributed by atoms with van der Waals surface area (Å²) in [6.07, 6.45) is 1.79.